The summed E-state index contributed by atoms with van der Waals surface area (Å²) in [5.74, 6) is -0.0880. The van der Waals surface area contributed by atoms with Crippen LogP contribution in [0.25, 0.3) is 0 Å². The fourth-order valence-electron chi connectivity index (χ4n) is 1.60. The number of primary amides is 1. The monoisotopic (exact) mass is 327 g/mol. The second-order valence-electron chi connectivity index (χ2n) is 4.08. The highest BCUT2D eigenvalue weighted by atomic mass is 32.2. The number of methoxy groups -OCH3 is 1. The van der Waals surface area contributed by atoms with Gasteiger partial charge in [0.2, 0.25) is 0 Å². The van der Waals surface area contributed by atoms with Gasteiger partial charge >= 0.3 is 0 Å². The van der Waals surface area contributed by atoms with Crippen LogP contribution in [0.4, 0.5) is 5.13 Å². The maximum absolute atomic E-state index is 12.2. The van der Waals surface area contributed by atoms with Crippen molar-refractivity contribution < 1.29 is 17.9 Å². The molecule has 0 radical (unpaired) electrons. The molecule has 1 amide bonds. The molecule has 1 aromatic carbocycles. The number of nitrogens with zero attached hydrogens (tertiary/aromatic N) is 1. The number of nitrogens with one attached hydrogen (secondary N) is 1. The standard InChI is InChI=1S/C12H13N3O4S2/c1-7-10(11(13)16)20-12(14-7)15-21(17,18)9-5-3-8(19-2)4-6-9/h3-6H,1-2H3,(H2,13,16)(H,14,15). The number of rotatable bonds is 5. The van der Waals surface area contributed by atoms with Crippen LogP contribution < -0.4 is 15.2 Å². The van der Waals surface area contributed by atoms with Gasteiger partial charge in [0, 0.05) is 0 Å². The molecule has 0 fully saturated rings. The number of aromatic nitrogens is 1. The van der Waals surface area contributed by atoms with Crippen molar-refractivity contribution in [3.8, 4) is 5.75 Å². The number of sulfonamides is 1. The number of hydrogen-bond acceptors (Lipinski definition) is 6. The Kier molecular flexibility index (Phi) is 4.14. The Balaban J connectivity index is 2.28. The highest BCUT2D eigenvalue weighted by Crippen LogP contribution is 2.25. The maximum atomic E-state index is 12.2. The van der Waals surface area contributed by atoms with E-state index in [-0.39, 0.29) is 14.9 Å². The summed E-state index contributed by atoms with van der Waals surface area (Å²) in [5.41, 5.74) is 5.56. The minimum absolute atomic E-state index is 0.0665. The van der Waals surface area contributed by atoms with Crippen molar-refractivity contribution in [1.82, 2.24) is 4.98 Å². The summed E-state index contributed by atoms with van der Waals surface area (Å²) in [5, 5.41) is 0.0946. The van der Waals surface area contributed by atoms with E-state index in [9.17, 15) is 13.2 Å². The molecule has 1 heterocycles. The van der Waals surface area contributed by atoms with Gasteiger partial charge in [-0.2, -0.15) is 0 Å². The van der Waals surface area contributed by atoms with E-state index in [1.165, 1.54) is 31.4 Å². The second kappa shape index (κ2) is 5.70. The quantitative estimate of drug-likeness (QED) is 0.861. The van der Waals surface area contributed by atoms with Crippen LogP contribution in [0.5, 0.6) is 5.75 Å². The SMILES string of the molecule is COc1ccc(S(=O)(=O)Nc2nc(C)c(C(N)=O)s2)cc1. The molecule has 2 rings (SSSR count). The molecule has 21 heavy (non-hydrogen) atoms. The number of amides is 1. The van der Waals surface area contributed by atoms with Crippen LogP contribution in [-0.2, 0) is 10.0 Å². The number of anilines is 1. The van der Waals surface area contributed by atoms with Crippen LogP contribution in [-0.4, -0.2) is 26.4 Å². The molecule has 0 unspecified atom stereocenters. The van der Waals surface area contributed by atoms with Crippen molar-refractivity contribution in [3.63, 3.8) is 0 Å². The third-order valence-corrected chi connectivity index (χ3v) is 5.18. The van der Waals surface area contributed by atoms with Gasteiger partial charge in [0.05, 0.1) is 17.7 Å². The molecule has 0 saturated carbocycles. The van der Waals surface area contributed by atoms with E-state index in [1.807, 2.05) is 0 Å². The number of carbonyl (C=O) groups excluding carboxylic acids is 1. The molecule has 0 bridgehead atoms. The minimum atomic E-state index is -3.78. The lowest BCUT2D eigenvalue weighted by Gasteiger charge is -2.05. The van der Waals surface area contributed by atoms with Gasteiger partial charge in [0.1, 0.15) is 10.6 Å². The Morgan fingerprint density at radius 2 is 1.95 bits per heavy atom. The fourth-order valence-corrected chi connectivity index (χ4v) is 3.65. The van der Waals surface area contributed by atoms with E-state index in [0.717, 1.165) is 11.3 Å². The predicted octanol–water partition coefficient (Wildman–Crippen LogP) is 1.36. The number of benzene rings is 1. The first-order valence-corrected chi connectivity index (χ1v) is 8.07. The van der Waals surface area contributed by atoms with Crippen molar-refractivity contribution in [3.05, 3.63) is 34.8 Å². The lowest BCUT2D eigenvalue weighted by atomic mass is 10.3. The Morgan fingerprint density at radius 3 is 2.43 bits per heavy atom. The Hall–Kier alpha value is -2.13. The number of nitrogens with two attached hydrogens (primary N) is 1. The summed E-state index contributed by atoms with van der Waals surface area (Å²) >= 11 is 0.896. The summed E-state index contributed by atoms with van der Waals surface area (Å²) < 4.78 is 31.7. The molecule has 0 atom stereocenters. The highest BCUT2D eigenvalue weighted by molar-refractivity contribution is 7.93. The van der Waals surface area contributed by atoms with Crippen molar-refractivity contribution >= 4 is 32.4 Å². The zero-order chi connectivity index (χ0) is 15.6. The van der Waals surface area contributed by atoms with Crippen LogP contribution in [0.2, 0.25) is 0 Å². The lowest BCUT2D eigenvalue weighted by Crippen LogP contribution is -2.12. The van der Waals surface area contributed by atoms with Gasteiger partial charge in [-0.25, -0.2) is 13.4 Å². The normalized spacial score (nSPS) is 11.1. The first kappa shape index (κ1) is 15.3. The van der Waals surface area contributed by atoms with Crippen molar-refractivity contribution in [2.75, 3.05) is 11.8 Å². The molecule has 0 spiro atoms. The molecule has 1 aromatic heterocycles. The average Bonchev–Trinajstić information content (AvgIpc) is 2.79. The lowest BCUT2D eigenvalue weighted by molar-refractivity contribution is 0.100. The van der Waals surface area contributed by atoms with E-state index in [4.69, 9.17) is 10.5 Å². The van der Waals surface area contributed by atoms with Crippen LogP contribution in [0.1, 0.15) is 15.4 Å². The topological polar surface area (TPSA) is 111 Å². The summed E-state index contributed by atoms with van der Waals surface area (Å²) in [4.78, 5) is 15.4. The van der Waals surface area contributed by atoms with Crippen molar-refractivity contribution in [2.45, 2.75) is 11.8 Å². The number of hydrogen-bond donors (Lipinski definition) is 2. The smallest absolute Gasteiger partial charge is 0.263 e. The van der Waals surface area contributed by atoms with E-state index >= 15 is 0 Å². The average molecular weight is 327 g/mol. The van der Waals surface area contributed by atoms with E-state index in [0.29, 0.717) is 11.4 Å². The van der Waals surface area contributed by atoms with Crippen molar-refractivity contribution in [2.24, 2.45) is 5.73 Å². The first-order chi connectivity index (χ1) is 9.83. The van der Waals surface area contributed by atoms with E-state index in [2.05, 4.69) is 9.71 Å². The van der Waals surface area contributed by atoms with Crippen molar-refractivity contribution in [1.29, 1.82) is 0 Å². The zero-order valence-electron chi connectivity index (χ0n) is 11.3. The largest absolute Gasteiger partial charge is 0.497 e. The zero-order valence-corrected chi connectivity index (χ0v) is 12.9. The second-order valence-corrected chi connectivity index (χ2v) is 6.76. The molecular weight excluding hydrogens is 314 g/mol. The van der Waals surface area contributed by atoms with Crippen LogP contribution >= 0.6 is 11.3 Å². The molecule has 0 saturated heterocycles. The Bertz CT molecular complexity index is 766. The molecule has 7 nitrogen and oxygen atoms in total. The maximum Gasteiger partial charge on any atom is 0.263 e. The molecule has 2 aromatic rings. The minimum Gasteiger partial charge on any atom is -0.497 e. The fraction of sp³-hybridized carbons (Fsp3) is 0.167. The Morgan fingerprint density at radius 1 is 1.33 bits per heavy atom. The molecule has 9 heteroatoms. The number of thiazole rings is 1. The van der Waals surface area contributed by atoms with Crippen LogP contribution in [0.3, 0.4) is 0 Å². The summed E-state index contributed by atoms with van der Waals surface area (Å²) in [6.45, 7) is 1.59. The van der Waals surface area contributed by atoms with E-state index < -0.39 is 15.9 Å². The molecule has 3 N–H and O–H groups in total. The van der Waals surface area contributed by atoms with Crippen LogP contribution in [0.15, 0.2) is 29.2 Å². The number of carbonyl (C=O) groups is 1. The van der Waals surface area contributed by atoms with Gasteiger partial charge in [0.15, 0.2) is 5.13 Å². The van der Waals surface area contributed by atoms with Crippen LogP contribution in [0, 0.1) is 6.92 Å². The van der Waals surface area contributed by atoms with Gasteiger partial charge in [0.25, 0.3) is 15.9 Å². The van der Waals surface area contributed by atoms with Gasteiger partial charge in [-0.05, 0) is 31.2 Å². The predicted molar refractivity (Wildman–Crippen MR) is 79.2 cm³/mol. The molecule has 112 valence electrons. The summed E-state index contributed by atoms with van der Waals surface area (Å²) in [7, 11) is -2.29. The number of aryl methyl sites for hydroxylation is 1. The third-order valence-electron chi connectivity index (χ3n) is 2.61. The van der Waals surface area contributed by atoms with Gasteiger partial charge in [-0.3, -0.25) is 9.52 Å². The molecule has 0 aliphatic heterocycles. The molecule has 0 aliphatic rings. The third kappa shape index (κ3) is 3.31. The van der Waals surface area contributed by atoms with Gasteiger partial charge in [-0.1, -0.05) is 11.3 Å². The molecule has 0 aliphatic carbocycles. The summed E-state index contributed by atoms with van der Waals surface area (Å²) in [6.07, 6.45) is 0. The first-order valence-electron chi connectivity index (χ1n) is 5.77. The molecular formula is C12H13N3O4S2. The Labute approximate surface area is 125 Å². The van der Waals surface area contributed by atoms with E-state index in [1.54, 1.807) is 6.92 Å². The number of ether oxygens (including phenoxy) is 1. The summed E-state index contributed by atoms with van der Waals surface area (Å²) in [6, 6.07) is 5.90. The van der Waals surface area contributed by atoms with Gasteiger partial charge < -0.3 is 10.5 Å². The van der Waals surface area contributed by atoms with Gasteiger partial charge in [-0.15, -0.1) is 0 Å². The highest BCUT2D eigenvalue weighted by Gasteiger charge is 2.19.